The van der Waals surface area contributed by atoms with Gasteiger partial charge in [0.05, 0.1) is 0 Å². The fourth-order valence-electron chi connectivity index (χ4n) is 0.385. The van der Waals surface area contributed by atoms with Crippen LogP contribution in [-0.2, 0) is 14.8 Å². The van der Waals surface area contributed by atoms with Crippen molar-refractivity contribution in [3.63, 3.8) is 0 Å². The van der Waals surface area contributed by atoms with E-state index in [1.165, 1.54) is 0 Å². The van der Waals surface area contributed by atoms with Crippen molar-refractivity contribution in [3.8, 4) is 0 Å². The minimum absolute atomic E-state index is 0.312. The highest BCUT2D eigenvalue weighted by Gasteiger charge is 1.91. The summed E-state index contributed by atoms with van der Waals surface area (Å²) in [5.41, 5.74) is -0.312. The summed E-state index contributed by atoms with van der Waals surface area (Å²) < 4.78 is 18.8. The first-order valence-electron chi connectivity index (χ1n) is 3.04. The fraction of sp³-hybridized carbons (Fsp3) is 0. The number of hydrogen-bond donors (Lipinski definition) is 1. The van der Waals surface area contributed by atoms with Crippen LogP contribution in [0, 0.1) is 0 Å². The highest BCUT2D eigenvalue weighted by molar-refractivity contribution is 8.02. The van der Waals surface area contributed by atoms with E-state index in [1.807, 2.05) is 36.4 Å². The second-order valence-corrected chi connectivity index (χ2v) is 3.21. The third-order valence-corrected chi connectivity index (χ3v) is 1.07. The van der Waals surface area contributed by atoms with Crippen molar-refractivity contribution in [2.75, 3.05) is 0 Å². The molecule has 0 saturated heterocycles. The molecule has 0 unspecified atom stereocenters. The van der Waals surface area contributed by atoms with E-state index in [2.05, 4.69) is 5.14 Å². The Morgan fingerprint density at radius 3 is 1.17 bits per heavy atom. The van der Waals surface area contributed by atoms with Crippen LogP contribution in [0.1, 0.15) is 0 Å². The molecule has 4 nitrogen and oxygen atoms in total. The van der Waals surface area contributed by atoms with Crippen molar-refractivity contribution in [2.45, 2.75) is 0 Å². The Hall–Kier alpha value is -1.20. The van der Waals surface area contributed by atoms with Crippen molar-refractivity contribution >= 4 is 15.6 Å². The van der Waals surface area contributed by atoms with Crippen molar-refractivity contribution in [1.29, 1.82) is 0 Å². The molecule has 0 fully saturated rings. The van der Waals surface area contributed by atoms with Crippen LogP contribution in [0.3, 0.4) is 0 Å². The highest BCUT2D eigenvalue weighted by Crippen LogP contribution is 1.79. The summed E-state index contributed by atoms with van der Waals surface area (Å²) in [7, 11) is -3.84. The van der Waals surface area contributed by atoms with Gasteiger partial charge in [-0.25, -0.2) is 13.6 Å². The number of benzene rings is 1. The molecular formula is C7H9NO3S. The van der Waals surface area contributed by atoms with Crippen molar-refractivity contribution in [3.05, 3.63) is 36.4 Å². The largest absolute Gasteiger partial charge is 0.284 e. The molecule has 0 saturated carbocycles. The van der Waals surface area contributed by atoms with Gasteiger partial charge in [0.15, 0.2) is 0 Å². The van der Waals surface area contributed by atoms with Crippen LogP contribution in [0.2, 0.25) is 0 Å². The van der Waals surface area contributed by atoms with Gasteiger partial charge < -0.3 is 0 Å². The van der Waals surface area contributed by atoms with Crippen LogP contribution in [-0.4, -0.2) is 14.0 Å². The molecule has 1 aromatic carbocycles. The zero-order valence-corrected chi connectivity index (χ0v) is 7.07. The van der Waals surface area contributed by atoms with Gasteiger partial charge in [-0.3, -0.25) is 4.79 Å². The first-order chi connectivity index (χ1) is 5.56. The number of hydrogen-bond acceptors (Lipinski definition) is 3. The SMILES string of the molecule is NS(=O)(=O)C=O.c1ccccc1. The molecule has 0 aliphatic carbocycles. The number of carbonyl (C=O) groups excluding carboxylic acids is 1. The van der Waals surface area contributed by atoms with E-state index in [1.54, 1.807) is 0 Å². The molecule has 0 amide bonds. The average Bonchev–Trinajstić information content (AvgIpc) is 2.07. The summed E-state index contributed by atoms with van der Waals surface area (Å²) >= 11 is 0. The summed E-state index contributed by atoms with van der Waals surface area (Å²) in [6, 6.07) is 12.0. The normalized spacial score (nSPS) is 9.42. The van der Waals surface area contributed by atoms with Crippen molar-refractivity contribution < 1.29 is 13.2 Å². The number of carbonyl (C=O) groups is 1. The van der Waals surface area contributed by atoms with Crippen LogP contribution in [0.4, 0.5) is 0 Å². The Morgan fingerprint density at radius 2 is 1.08 bits per heavy atom. The predicted molar refractivity (Wildman–Crippen MR) is 46.3 cm³/mol. The number of sulfonamides is 1. The standard InChI is InChI=1S/C6H6.CH3NO3S/c1-2-4-6-5-3-1;2-6(4,5)1-3/h1-6H;1H,(H2,2,4,5). The monoisotopic (exact) mass is 187 g/mol. The van der Waals surface area contributed by atoms with Gasteiger partial charge >= 0.3 is 0 Å². The fourth-order valence-corrected chi connectivity index (χ4v) is 0.385. The molecule has 0 bridgehead atoms. The third kappa shape index (κ3) is 8.80. The molecule has 0 heterocycles. The minimum atomic E-state index is -3.84. The van der Waals surface area contributed by atoms with Gasteiger partial charge in [0.1, 0.15) is 0 Å². The van der Waals surface area contributed by atoms with E-state index >= 15 is 0 Å². The maximum Gasteiger partial charge on any atom is 0.268 e. The Morgan fingerprint density at radius 1 is 0.917 bits per heavy atom. The molecule has 0 atom stereocenters. The van der Waals surface area contributed by atoms with Gasteiger partial charge in [-0.05, 0) is 0 Å². The topological polar surface area (TPSA) is 77.2 Å². The molecule has 0 aliphatic heterocycles. The van der Waals surface area contributed by atoms with Crippen LogP contribution < -0.4 is 5.14 Å². The number of rotatable bonds is 1. The first-order valence-corrected chi connectivity index (χ1v) is 4.65. The second-order valence-electron chi connectivity index (χ2n) is 1.84. The molecule has 2 N–H and O–H groups in total. The molecule has 66 valence electrons. The molecule has 12 heavy (non-hydrogen) atoms. The van der Waals surface area contributed by atoms with Crippen LogP contribution in [0.25, 0.3) is 0 Å². The number of primary sulfonamides is 1. The molecule has 0 radical (unpaired) electrons. The Kier molecular flexibility index (Phi) is 4.91. The number of nitrogens with two attached hydrogens (primary N) is 1. The lowest BCUT2D eigenvalue weighted by molar-refractivity contribution is 0.556. The van der Waals surface area contributed by atoms with Gasteiger partial charge in [-0.15, -0.1) is 0 Å². The van der Waals surface area contributed by atoms with Crippen LogP contribution in [0.15, 0.2) is 36.4 Å². The van der Waals surface area contributed by atoms with E-state index in [-0.39, 0.29) is 5.62 Å². The Balaban J connectivity index is 0.000000202. The van der Waals surface area contributed by atoms with Crippen LogP contribution in [0.5, 0.6) is 0 Å². The summed E-state index contributed by atoms with van der Waals surface area (Å²) in [5, 5.41) is 4.14. The van der Waals surface area contributed by atoms with Gasteiger partial charge in [-0.2, -0.15) is 0 Å². The maximum atomic E-state index is 9.41. The van der Waals surface area contributed by atoms with Gasteiger partial charge in [0, 0.05) is 0 Å². The molecule has 0 aromatic heterocycles. The Labute approximate surface area is 71.1 Å². The quantitative estimate of drug-likeness (QED) is 0.636. The second kappa shape index (κ2) is 5.45. The zero-order chi connectivity index (χ0) is 9.45. The highest BCUT2D eigenvalue weighted by atomic mass is 32.2. The lowest BCUT2D eigenvalue weighted by Crippen LogP contribution is -2.11. The molecule has 0 aliphatic rings. The van der Waals surface area contributed by atoms with Crippen molar-refractivity contribution in [1.82, 2.24) is 0 Å². The summed E-state index contributed by atoms with van der Waals surface area (Å²) in [6.45, 7) is 0. The summed E-state index contributed by atoms with van der Waals surface area (Å²) in [4.78, 5) is 9.11. The smallest absolute Gasteiger partial charge is 0.268 e. The van der Waals surface area contributed by atoms with Gasteiger partial charge in [0.25, 0.3) is 10.0 Å². The first kappa shape index (κ1) is 10.8. The maximum absolute atomic E-state index is 9.41. The van der Waals surface area contributed by atoms with E-state index in [0.29, 0.717) is 0 Å². The zero-order valence-electron chi connectivity index (χ0n) is 6.25. The third-order valence-electron chi connectivity index (χ3n) is 0.801. The lowest BCUT2D eigenvalue weighted by Gasteiger charge is -1.70. The Bertz CT molecular complexity index is 268. The summed E-state index contributed by atoms with van der Waals surface area (Å²) in [6.07, 6.45) is 0. The molecule has 1 rings (SSSR count). The van der Waals surface area contributed by atoms with Crippen molar-refractivity contribution in [2.24, 2.45) is 5.14 Å². The summed E-state index contributed by atoms with van der Waals surface area (Å²) in [5.74, 6) is 0. The minimum Gasteiger partial charge on any atom is -0.284 e. The van der Waals surface area contributed by atoms with E-state index in [9.17, 15) is 8.42 Å². The molecule has 5 heteroatoms. The molecular weight excluding hydrogens is 178 g/mol. The van der Waals surface area contributed by atoms with E-state index < -0.39 is 10.0 Å². The van der Waals surface area contributed by atoms with E-state index in [0.717, 1.165) is 0 Å². The predicted octanol–water partition coefficient (Wildman–Crippen LogP) is 0.152. The average molecular weight is 187 g/mol. The van der Waals surface area contributed by atoms with Gasteiger partial charge in [0.2, 0.25) is 5.62 Å². The molecule has 0 spiro atoms. The van der Waals surface area contributed by atoms with Gasteiger partial charge in [-0.1, -0.05) is 36.4 Å². The molecule has 1 aromatic rings. The van der Waals surface area contributed by atoms with Crippen LogP contribution >= 0.6 is 0 Å². The van der Waals surface area contributed by atoms with E-state index in [4.69, 9.17) is 4.79 Å². The lowest BCUT2D eigenvalue weighted by atomic mass is 10.4.